The highest BCUT2D eigenvalue weighted by Gasteiger charge is 2.35. The minimum atomic E-state index is -4.18. The van der Waals surface area contributed by atoms with Crippen LogP contribution in [-0.2, 0) is 32.6 Å². The van der Waals surface area contributed by atoms with E-state index in [0.717, 1.165) is 26.6 Å². The third kappa shape index (κ3) is 8.77. The molecular weight excluding hydrogens is 618 g/mol. The monoisotopic (exact) mass is 659 g/mol. The van der Waals surface area contributed by atoms with E-state index in [-0.39, 0.29) is 29.8 Å². The van der Waals surface area contributed by atoms with E-state index in [1.165, 1.54) is 4.90 Å². The number of hydrogen-bond acceptors (Lipinski definition) is 4. The Bertz CT molecular complexity index is 1740. The molecule has 0 aliphatic rings. The van der Waals surface area contributed by atoms with Gasteiger partial charge in [-0.1, -0.05) is 90.8 Å². The average molecular weight is 660 g/mol. The van der Waals surface area contributed by atoms with Crippen molar-refractivity contribution in [3.8, 4) is 0 Å². The molecule has 0 saturated heterocycles. The third-order valence-electron chi connectivity index (χ3n) is 7.95. The van der Waals surface area contributed by atoms with Crippen LogP contribution in [0.5, 0.6) is 0 Å². The Morgan fingerprint density at radius 3 is 2.04 bits per heavy atom. The summed E-state index contributed by atoms with van der Waals surface area (Å²) >= 11 is 6.58. The zero-order chi connectivity index (χ0) is 33.4. The van der Waals surface area contributed by atoms with Crippen LogP contribution in [0.2, 0.25) is 5.02 Å². The summed E-state index contributed by atoms with van der Waals surface area (Å²) in [5.41, 5.74) is 4.50. The number of anilines is 1. The molecule has 46 heavy (non-hydrogen) atoms. The number of rotatable bonds is 13. The van der Waals surface area contributed by atoms with Crippen molar-refractivity contribution in [1.82, 2.24) is 10.2 Å². The molecule has 0 aliphatic heterocycles. The van der Waals surface area contributed by atoms with Crippen molar-refractivity contribution in [2.24, 2.45) is 0 Å². The number of nitrogens with one attached hydrogen (secondary N) is 1. The molecular formula is C37H42ClN3O4S. The summed E-state index contributed by atoms with van der Waals surface area (Å²) in [4.78, 5) is 30.1. The van der Waals surface area contributed by atoms with Gasteiger partial charge in [0.1, 0.15) is 12.6 Å². The first-order valence-corrected chi connectivity index (χ1v) is 17.3. The second-order valence-corrected chi connectivity index (χ2v) is 14.1. The fourth-order valence-corrected chi connectivity index (χ4v) is 6.86. The van der Waals surface area contributed by atoms with Crippen molar-refractivity contribution in [2.75, 3.05) is 10.8 Å². The van der Waals surface area contributed by atoms with Crippen LogP contribution >= 0.6 is 11.6 Å². The maximum atomic E-state index is 14.6. The van der Waals surface area contributed by atoms with Crippen LogP contribution in [0, 0.1) is 20.8 Å². The molecule has 0 fully saturated rings. The average Bonchev–Trinajstić information content (AvgIpc) is 3.02. The molecule has 0 aliphatic carbocycles. The largest absolute Gasteiger partial charge is 0.352 e. The highest BCUT2D eigenvalue weighted by Crippen LogP contribution is 2.28. The molecule has 0 radical (unpaired) electrons. The van der Waals surface area contributed by atoms with E-state index in [2.05, 4.69) is 5.32 Å². The lowest BCUT2D eigenvalue weighted by Gasteiger charge is -2.34. The molecule has 2 atom stereocenters. The number of carbonyl (C=O) groups is 2. The predicted molar refractivity (Wildman–Crippen MR) is 185 cm³/mol. The third-order valence-corrected chi connectivity index (χ3v) is 10.1. The number of carbonyl (C=O) groups excluding carboxylic acids is 2. The molecule has 4 aromatic carbocycles. The zero-order valence-corrected chi connectivity index (χ0v) is 28.6. The van der Waals surface area contributed by atoms with Gasteiger partial charge < -0.3 is 10.2 Å². The fourth-order valence-electron chi connectivity index (χ4n) is 5.27. The number of aryl methyl sites for hydroxylation is 3. The zero-order valence-electron chi connectivity index (χ0n) is 27.0. The van der Waals surface area contributed by atoms with Crippen molar-refractivity contribution >= 4 is 39.1 Å². The molecule has 1 N–H and O–H groups in total. The van der Waals surface area contributed by atoms with Crippen LogP contribution in [-0.4, -0.2) is 43.8 Å². The summed E-state index contributed by atoms with van der Waals surface area (Å²) in [6.45, 7) is 9.02. The van der Waals surface area contributed by atoms with E-state index < -0.39 is 28.5 Å². The second kappa shape index (κ2) is 15.4. The van der Waals surface area contributed by atoms with Crippen molar-refractivity contribution in [3.05, 3.63) is 130 Å². The Balaban J connectivity index is 1.84. The molecule has 0 aromatic heterocycles. The first-order valence-electron chi connectivity index (χ1n) is 15.4. The summed E-state index contributed by atoms with van der Waals surface area (Å²) in [6.07, 6.45) is 0.936. The van der Waals surface area contributed by atoms with Crippen LogP contribution in [0.3, 0.4) is 0 Å². The molecule has 4 aromatic rings. The minimum Gasteiger partial charge on any atom is -0.352 e. The number of halogens is 1. The summed E-state index contributed by atoms with van der Waals surface area (Å²) < 4.78 is 29.7. The summed E-state index contributed by atoms with van der Waals surface area (Å²) in [7, 11) is -4.18. The van der Waals surface area contributed by atoms with Gasteiger partial charge in [0, 0.05) is 24.0 Å². The van der Waals surface area contributed by atoms with Gasteiger partial charge in [-0.25, -0.2) is 8.42 Å². The van der Waals surface area contributed by atoms with Gasteiger partial charge >= 0.3 is 0 Å². The standard InChI is InChI=1S/C37H42ClN3O4S/c1-6-29(5)39-37(43)35(23-30-12-8-7-9-13-30)40(24-31-14-10-11-15-34(31)38)36(42)25-41(32-21-27(3)20-28(4)22-32)46(44,45)33-18-16-26(2)17-19-33/h7-22,29,35H,6,23-25H2,1-5H3,(H,39,43)/t29-,35-/m0/s1. The van der Waals surface area contributed by atoms with Crippen LogP contribution in [0.25, 0.3) is 0 Å². The van der Waals surface area contributed by atoms with Gasteiger partial charge in [-0.3, -0.25) is 13.9 Å². The van der Waals surface area contributed by atoms with Gasteiger partial charge in [-0.15, -0.1) is 0 Å². The van der Waals surface area contributed by atoms with Gasteiger partial charge in [0.2, 0.25) is 11.8 Å². The lowest BCUT2D eigenvalue weighted by Crippen LogP contribution is -2.54. The number of benzene rings is 4. The Morgan fingerprint density at radius 1 is 0.826 bits per heavy atom. The van der Waals surface area contributed by atoms with Crippen LogP contribution in [0.15, 0.2) is 102 Å². The Morgan fingerprint density at radius 2 is 1.43 bits per heavy atom. The molecule has 7 nitrogen and oxygen atoms in total. The van der Waals surface area contributed by atoms with Gasteiger partial charge in [-0.2, -0.15) is 0 Å². The topological polar surface area (TPSA) is 86.8 Å². The van der Waals surface area contributed by atoms with E-state index in [0.29, 0.717) is 22.7 Å². The van der Waals surface area contributed by atoms with Crippen LogP contribution in [0.4, 0.5) is 5.69 Å². The van der Waals surface area contributed by atoms with Crippen molar-refractivity contribution in [3.63, 3.8) is 0 Å². The second-order valence-electron chi connectivity index (χ2n) is 11.8. The predicted octanol–water partition coefficient (Wildman–Crippen LogP) is 7.02. The van der Waals surface area contributed by atoms with Gasteiger partial charge in [0.25, 0.3) is 10.0 Å². The highest BCUT2D eigenvalue weighted by atomic mass is 35.5. The highest BCUT2D eigenvalue weighted by molar-refractivity contribution is 7.92. The molecule has 2 amide bonds. The Kier molecular flexibility index (Phi) is 11.7. The molecule has 0 spiro atoms. The number of amides is 2. The normalized spacial score (nSPS) is 12.7. The van der Waals surface area contributed by atoms with Gasteiger partial charge in [0.15, 0.2) is 0 Å². The van der Waals surface area contributed by atoms with E-state index in [1.807, 2.05) is 77.1 Å². The summed E-state index contributed by atoms with van der Waals surface area (Å²) in [5.74, 6) is -0.854. The molecule has 4 rings (SSSR count). The number of hydrogen-bond donors (Lipinski definition) is 1. The Labute approximate surface area is 278 Å². The number of sulfonamides is 1. The number of nitrogens with zero attached hydrogens (tertiary/aromatic N) is 2. The van der Waals surface area contributed by atoms with E-state index in [9.17, 15) is 18.0 Å². The van der Waals surface area contributed by atoms with Gasteiger partial charge in [0.05, 0.1) is 10.6 Å². The van der Waals surface area contributed by atoms with Gasteiger partial charge in [-0.05, 0) is 86.7 Å². The maximum absolute atomic E-state index is 14.6. The molecule has 0 saturated carbocycles. The molecule has 0 unspecified atom stereocenters. The maximum Gasteiger partial charge on any atom is 0.264 e. The lowest BCUT2D eigenvalue weighted by molar-refractivity contribution is -0.140. The first-order chi connectivity index (χ1) is 21.9. The fraction of sp³-hybridized carbons (Fsp3) is 0.297. The SMILES string of the molecule is CC[C@H](C)NC(=O)[C@H](Cc1ccccc1)N(Cc1ccccc1Cl)C(=O)CN(c1cc(C)cc(C)c1)S(=O)(=O)c1ccc(C)cc1. The van der Waals surface area contributed by atoms with Crippen molar-refractivity contribution in [1.29, 1.82) is 0 Å². The van der Waals surface area contributed by atoms with Crippen molar-refractivity contribution in [2.45, 2.75) is 71.0 Å². The van der Waals surface area contributed by atoms with Crippen LogP contribution in [0.1, 0.15) is 48.1 Å². The summed E-state index contributed by atoms with van der Waals surface area (Å²) in [5, 5.41) is 3.49. The lowest BCUT2D eigenvalue weighted by atomic mass is 10.0. The molecule has 0 bridgehead atoms. The molecule has 242 valence electrons. The minimum absolute atomic E-state index is 0.00912. The first kappa shape index (κ1) is 34.7. The molecule has 9 heteroatoms. The van der Waals surface area contributed by atoms with Crippen LogP contribution < -0.4 is 9.62 Å². The summed E-state index contributed by atoms with van der Waals surface area (Å²) in [6, 6.07) is 27.6. The van der Waals surface area contributed by atoms with Crippen molar-refractivity contribution < 1.29 is 18.0 Å². The van der Waals surface area contributed by atoms with E-state index in [4.69, 9.17) is 11.6 Å². The Hall–Kier alpha value is -4.14. The quantitative estimate of drug-likeness (QED) is 0.167. The van der Waals surface area contributed by atoms with E-state index in [1.54, 1.807) is 54.6 Å². The molecule has 0 heterocycles. The van der Waals surface area contributed by atoms with E-state index >= 15 is 0 Å². The smallest absolute Gasteiger partial charge is 0.264 e.